The SMILES string of the molecule is CCN1CC=C(c2c[nH]c(-c3ccc(F)cc3)c2-c2ccccn2)CC1C. The number of hydrogen-bond acceptors (Lipinski definition) is 2. The molecule has 1 aliphatic rings. The van der Waals surface area contributed by atoms with Gasteiger partial charge in [0.2, 0.25) is 0 Å². The third kappa shape index (κ3) is 3.45. The van der Waals surface area contributed by atoms with Crippen molar-refractivity contribution in [3.8, 4) is 22.5 Å². The lowest BCUT2D eigenvalue weighted by Gasteiger charge is -2.32. The van der Waals surface area contributed by atoms with Gasteiger partial charge in [-0.2, -0.15) is 0 Å². The van der Waals surface area contributed by atoms with E-state index < -0.39 is 0 Å². The molecule has 3 aromatic rings. The van der Waals surface area contributed by atoms with Gasteiger partial charge in [0.05, 0.1) is 11.4 Å². The van der Waals surface area contributed by atoms with E-state index in [1.165, 1.54) is 23.3 Å². The number of hydrogen-bond donors (Lipinski definition) is 1. The maximum Gasteiger partial charge on any atom is 0.123 e. The lowest BCUT2D eigenvalue weighted by molar-refractivity contribution is 0.238. The van der Waals surface area contributed by atoms with Crippen LogP contribution in [0.2, 0.25) is 0 Å². The molecule has 0 bridgehead atoms. The number of halogens is 1. The van der Waals surface area contributed by atoms with Crippen LogP contribution in [-0.2, 0) is 0 Å². The molecule has 4 heteroatoms. The standard InChI is InChI=1S/C23H24FN3/c1-3-27-13-11-18(14-16(27)2)20-15-26-23(17-7-9-19(24)10-8-17)22(20)21-6-4-5-12-25-21/h4-12,15-16,26H,3,13-14H2,1-2H3. The summed E-state index contributed by atoms with van der Waals surface area (Å²) in [6.45, 7) is 6.51. The van der Waals surface area contributed by atoms with E-state index in [4.69, 9.17) is 0 Å². The Labute approximate surface area is 159 Å². The number of pyridine rings is 1. The van der Waals surface area contributed by atoms with Crippen molar-refractivity contribution in [1.29, 1.82) is 0 Å². The first-order valence-corrected chi connectivity index (χ1v) is 9.49. The van der Waals surface area contributed by atoms with E-state index in [0.717, 1.165) is 42.0 Å². The van der Waals surface area contributed by atoms with Crippen LogP contribution in [0.5, 0.6) is 0 Å². The predicted molar refractivity (Wildman–Crippen MR) is 109 cm³/mol. The average molecular weight is 361 g/mol. The third-order valence-corrected chi connectivity index (χ3v) is 5.40. The highest BCUT2D eigenvalue weighted by Crippen LogP contribution is 2.39. The summed E-state index contributed by atoms with van der Waals surface area (Å²) >= 11 is 0. The van der Waals surface area contributed by atoms with Crippen LogP contribution in [0.25, 0.3) is 28.1 Å². The molecular weight excluding hydrogens is 337 g/mol. The summed E-state index contributed by atoms with van der Waals surface area (Å²) in [5.41, 5.74) is 6.50. The van der Waals surface area contributed by atoms with Gasteiger partial charge in [-0.25, -0.2) is 4.39 Å². The van der Waals surface area contributed by atoms with E-state index >= 15 is 0 Å². The van der Waals surface area contributed by atoms with Crippen LogP contribution < -0.4 is 0 Å². The lowest BCUT2D eigenvalue weighted by Crippen LogP contribution is -2.36. The van der Waals surface area contributed by atoms with Gasteiger partial charge < -0.3 is 4.98 Å². The summed E-state index contributed by atoms with van der Waals surface area (Å²) in [5, 5.41) is 0. The van der Waals surface area contributed by atoms with Crippen molar-refractivity contribution in [2.45, 2.75) is 26.3 Å². The van der Waals surface area contributed by atoms with Gasteiger partial charge >= 0.3 is 0 Å². The first-order chi connectivity index (χ1) is 13.2. The number of aromatic nitrogens is 2. The maximum absolute atomic E-state index is 13.4. The fourth-order valence-electron chi connectivity index (χ4n) is 3.90. The Kier molecular flexibility index (Phi) is 4.90. The minimum absolute atomic E-state index is 0.228. The Hall–Kier alpha value is -2.72. The number of H-pyrrole nitrogens is 1. The van der Waals surface area contributed by atoms with Gasteiger partial charge in [0.25, 0.3) is 0 Å². The van der Waals surface area contributed by atoms with Crippen molar-refractivity contribution >= 4 is 5.57 Å². The van der Waals surface area contributed by atoms with Crippen LogP contribution in [0, 0.1) is 5.82 Å². The molecule has 0 radical (unpaired) electrons. The molecule has 1 aromatic carbocycles. The topological polar surface area (TPSA) is 31.9 Å². The molecule has 0 saturated carbocycles. The molecule has 3 nitrogen and oxygen atoms in total. The Morgan fingerprint density at radius 3 is 2.67 bits per heavy atom. The number of rotatable bonds is 4. The van der Waals surface area contributed by atoms with Crippen molar-refractivity contribution in [3.63, 3.8) is 0 Å². The molecule has 1 N–H and O–H groups in total. The van der Waals surface area contributed by atoms with Crippen LogP contribution >= 0.6 is 0 Å². The lowest BCUT2D eigenvalue weighted by atomic mass is 9.91. The van der Waals surface area contributed by atoms with E-state index in [1.54, 1.807) is 0 Å². The molecule has 138 valence electrons. The molecule has 27 heavy (non-hydrogen) atoms. The van der Waals surface area contributed by atoms with Crippen LogP contribution in [0.3, 0.4) is 0 Å². The Morgan fingerprint density at radius 1 is 1.19 bits per heavy atom. The maximum atomic E-state index is 13.4. The van der Waals surface area contributed by atoms with Crippen LogP contribution in [0.15, 0.2) is 60.9 Å². The second-order valence-corrected chi connectivity index (χ2v) is 7.04. The fourth-order valence-corrected chi connectivity index (χ4v) is 3.90. The normalized spacial score (nSPS) is 17.7. The summed E-state index contributed by atoms with van der Waals surface area (Å²) in [4.78, 5) is 10.5. The molecule has 1 atom stereocenters. The van der Waals surface area contributed by atoms with E-state index in [-0.39, 0.29) is 5.82 Å². The van der Waals surface area contributed by atoms with Gasteiger partial charge in [-0.1, -0.05) is 19.1 Å². The van der Waals surface area contributed by atoms with E-state index in [9.17, 15) is 4.39 Å². The molecule has 3 heterocycles. The van der Waals surface area contributed by atoms with Crippen molar-refractivity contribution in [1.82, 2.24) is 14.9 Å². The largest absolute Gasteiger partial charge is 0.360 e. The highest BCUT2D eigenvalue weighted by molar-refractivity contribution is 5.90. The molecule has 0 saturated heterocycles. The molecule has 0 spiro atoms. The number of aromatic amines is 1. The van der Waals surface area contributed by atoms with Crippen molar-refractivity contribution in [2.24, 2.45) is 0 Å². The first kappa shape index (κ1) is 17.7. The van der Waals surface area contributed by atoms with Gasteiger partial charge in [-0.15, -0.1) is 0 Å². The van der Waals surface area contributed by atoms with Gasteiger partial charge in [-0.3, -0.25) is 9.88 Å². The van der Waals surface area contributed by atoms with Gasteiger partial charge in [0.15, 0.2) is 0 Å². The molecular formula is C23H24FN3. The molecule has 0 aliphatic carbocycles. The number of benzene rings is 1. The zero-order chi connectivity index (χ0) is 18.8. The Bertz CT molecular complexity index is 942. The zero-order valence-electron chi connectivity index (χ0n) is 15.7. The third-order valence-electron chi connectivity index (χ3n) is 5.40. The van der Waals surface area contributed by atoms with Crippen LogP contribution in [-0.4, -0.2) is 34.0 Å². The van der Waals surface area contributed by atoms with E-state index in [1.807, 2.05) is 36.5 Å². The number of nitrogens with one attached hydrogen (secondary N) is 1. The monoisotopic (exact) mass is 361 g/mol. The highest BCUT2D eigenvalue weighted by atomic mass is 19.1. The Balaban J connectivity index is 1.83. The van der Waals surface area contributed by atoms with E-state index in [0.29, 0.717) is 6.04 Å². The average Bonchev–Trinajstić information content (AvgIpc) is 3.14. The minimum atomic E-state index is -0.228. The van der Waals surface area contributed by atoms with Gasteiger partial charge in [0, 0.05) is 36.1 Å². The smallest absolute Gasteiger partial charge is 0.123 e. The van der Waals surface area contributed by atoms with Crippen LogP contribution in [0.4, 0.5) is 4.39 Å². The summed E-state index contributed by atoms with van der Waals surface area (Å²) in [7, 11) is 0. The number of nitrogens with zero attached hydrogens (tertiary/aromatic N) is 2. The minimum Gasteiger partial charge on any atom is -0.360 e. The highest BCUT2D eigenvalue weighted by Gasteiger charge is 2.24. The number of likely N-dealkylation sites (N-methyl/N-ethyl adjacent to an activating group) is 1. The first-order valence-electron chi connectivity index (χ1n) is 9.49. The molecule has 0 amide bonds. The predicted octanol–water partition coefficient (Wildman–Crippen LogP) is 5.38. The summed E-state index contributed by atoms with van der Waals surface area (Å²) in [6.07, 6.45) is 7.22. The second-order valence-electron chi connectivity index (χ2n) is 7.04. The second kappa shape index (κ2) is 7.49. The zero-order valence-corrected chi connectivity index (χ0v) is 15.7. The summed E-state index contributed by atoms with van der Waals surface area (Å²) in [6, 6.07) is 13.1. The summed E-state index contributed by atoms with van der Waals surface area (Å²) < 4.78 is 13.4. The molecule has 2 aromatic heterocycles. The van der Waals surface area contributed by atoms with Gasteiger partial charge in [0.1, 0.15) is 5.82 Å². The van der Waals surface area contributed by atoms with Crippen molar-refractivity contribution < 1.29 is 4.39 Å². The van der Waals surface area contributed by atoms with Crippen molar-refractivity contribution in [3.05, 3.63) is 72.3 Å². The fraction of sp³-hybridized carbons (Fsp3) is 0.261. The van der Waals surface area contributed by atoms with E-state index in [2.05, 4.69) is 41.0 Å². The molecule has 4 rings (SSSR count). The Morgan fingerprint density at radius 2 is 2.00 bits per heavy atom. The molecule has 0 fully saturated rings. The van der Waals surface area contributed by atoms with Gasteiger partial charge in [-0.05, 0) is 67.4 Å². The summed E-state index contributed by atoms with van der Waals surface area (Å²) in [5.74, 6) is -0.228. The quantitative estimate of drug-likeness (QED) is 0.676. The molecule has 1 aliphatic heterocycles. The van der Waals surface area contributed by atoms with Crippen LogP contribution in [0.1, 0.15) is 25.8 Å². The van der Waals surface area contributed by atoms with Crippen molar-refractivity contribution in [2.75, 3.05) is 13.1 Å². The molecule has 1 unspecified atom stereocenters.